The number of aromatic nitrogens is 2. The van der Waals surface area contributed by atoms with Gasteiger partial charge in [-0.2, -0.15) is 0 Å². The first-order valence-corrected chi connectivity index (χ1v) is 9.36. The number of aryl methyl sites for hydroxylation is 2. The molecule has 2 N–H and O–H groups in total. The van der Waals surface area contributed by atoms with E-state index in [1.54, 1.807) is 4.90 Å². The van der Waals surface area contributed by atoms with Crippen molar-refractivity contribution >= 4 is 34.8 Å². The van der Waals surface area contributed by atoms with Gasteiger partial charge in [0.1, 0.15) is 5.01 Å². The molecule has 2 aromatic rings. The molecule has 1 aliphatic rings. The minimum atomic E-state index is -0.307. The molecule has 2 amide bonds. The van der Waals surface area contributed by atoms with Crippen LogP contribution < -0.4 is 10.2 Å². The fourth-order valence-electron chi connectivity index (χ4n) is 2.76. The molecule has 0 aliphatic carbocycles. The Morgan fingerprint density at radius 2 is 2.07 bits per heavy atom. The summed E-state index contributed by atoms with van der Waals surface area (Å²) < 4.78 is 0. The molecular formula is C18H22N4O4S. The zero-order valence-electron chi connectivity index (χ0n) is 15.0. The number of carboxylic acid groups (broad SMARTS) is 1. The van der Waals surface area contributed by atoms with Crippen LogP contribution in [0.3, 0.4) is 0 Å². The molecule has 0 saturated carbocycles. The summed E-state index contributed by atoms with van der Waals surface area (Å²) in [5.41, 5.74) is 1.26. The number of anilines is 1. The van der Waals surface area contributed by atoms with Gasteiger partial charge in [-0.15, -0.1) is 10.2 Å². The molecule has 8 nitrogen and oxygen atoms in total. The van der Waals surface area contributed by atoms with Crippen molar-refractivity contribution in [2.24, 2.45) is 5.92 Å². The summed E-state index contributed by atoms with van der Waals surface area (Å²) >= 11 is 1.37. The SMILES string of the molecule is Cc1nnc(N2CC(C(=O)NCCCc3ccccc3)CC2=O)s1.O=CO. The van der Waals surface area contributed by atoms with E-state index in [1.165, 1.54) is 16.9 Å². The van der Waals surface area contributed by atoms with Gasteiger partial charge in [-0.3, -0.25) is 19.3 Å². The molecule has 27 heavy (non-hydrogen) atoms. The lowest BCUT2D eigenvalue weighted by Gasteiger charge is -2.12. The Hall–Kier alpha value is -2.81. The van der Waals surface area contributed by atoms with Crippen LogP contribution in [0.4, 0.5) is 5.13 Å². The summed E-state index contributed by atoms with van der Waals surface area (Å²) in [6.45, 7) is 2.60. The third kappa shape index (κ3) is 6.14. The van der Waals surface area contributed by atoms with Crippen molar-refractivity contribution in [1.29, 1.82) is 0 Å². The van der Waals surface area contributed by atoms with Gasteiger partial charge in [0, 0.05) is 19.5 Å². The highest BCUT2D eigenvalue weighted by atomic mass is 32.1. The number of benzene rings is 1. The van der Waals surface area contributed by atoms with Crippen LogP contribution in [-0.4, -0.2) is 46.7 Å². The summed E-state index contributed by atoms with van der Waals surface area (Å²) in [6.07, 6.45) is 2.06. The highest BCUT2D eigenvalue weighted by molar-refractivity contribution is 7.15. The number of hydrogen-bond donors (Lipinski definition) is 2. The quantitative estimate of drug-likeness (QED) is 0.573. The Labute approximate surface area is 161 Å². The van der Waals surface area contributed by atoms with Crippen molar-refractivity contribution < 1.29 is 19.5 Å². The number of hydrogen-bond acceptors (Lipinski definition) is 6. The predicted molar refractivity (Wildman–Crippen MR) is 102 cm³/mol. The van der Waals surface area contributed by atoms with Crippen molar-refractivity contribution in [3.05, 3.63) is 40.9 Å². The van der Waals surface area contributed by atoms with Crippen LogP contribution in [0.1, 0.15) is 23.4 Å². The van der Waals surface area contributed by atoms with Gasteiger partial charge in [0.25, 0.3) is 6.47 Å². The third-order valence-corrected chi connectivity index (χ3v) is 4.89. The standard InChI is InChI=1S/C17H20N4O2S.CH2O2/c1-12-19-20-17(24-12)21-11-14(10-15(21)22)16(23)18-9-5-8-13-6-3-2-4-7-13;2-1-3/h2-4,6-7,14H,5,8-11H2,1H3,(H,18,23);1H,(H,2,3). The highest BCUT2D eigenvalue weighted by Crippen LogP contribution is 2.27. The van der Waals surface area contributed by atoms with Crippen LogP contribution in [0, 0.1) is 12.8 Å². The normalized spacial score (nSPS) is 15.8. The Bertz CT molecular complexity index is 766. The van der Waals surface area contributed by atoms with Gasteiger partial charge >= 0.3 is 0 Å². The molecule has 1 atom stereocenters. The average Bonchev–Trinajstić information content (AvgIpc) is 3.26. The molecule has 3 rings (SSSR count). The largest absolute Gasteiger partial charge is 0.483 e. The van der Waals surface area contributed by atoms with Gasteiger partial charge in [0.2, 0.25) is 16.9 Å². The number of nitrogens with one attached hydrogen (secondary N) is 1. The molecule has 144 valence electrons. The van der Waals surface area contributed by atoms with E-state index in [-0.39, 0.29) is 30.6 Å². The maximum absolute atomic E-state index is 12.3. The van der Waals surface area contributed by atoms with E-state index in [4.69, 9.17) is 9.90 Å². The van der Waals surface area contributed by atoms with Crippen molar-refractivity contribution in [2.45, 2.75) is 26.2 Å². The fraction of sp³-hybridized carbons (Fsp3) is 0.389. The zero-order valence-corrected chi connectivity index (χ0v) is 15.8. The Balaban J connectivity index is 0.000000817. The molecule has 0 bridgehead atoms. The minimum absolute atomic E-state index is 0.0554. The van der Waals surface area contributed by atoms with Crippen LogP contribution in [0.2, 0.25) is 0 Å². The molecular weight excluding hydrogens is 368 g/mol. The first-order chi connectivity index (χ1) is 13.0. The Kier molecular flexibility index (Phi) is 7.87. The first kappa shape index (κ1) is 20.5. The van der Waals surface area contributed by atoms with E-state index in [0.717, 1.165) is 17.8 Å². The number of carbonyl (C=O) groups is 3. The number of nitrogens with zero attached hydrogens (tertiary/aromatic N) is 3. The van der Waals surface area contributed by atoms with Gasteiger partial charge in [0.15, 0.2) is 0 Å². The highest BCUT2D eigenvalue weighted by Gasteiger charge is 2.36. The van der Waals surface area contributed by atoms with E-state index >= 15 is 0 Å². The summed E-state index contributed by atoms with van der Waals surface area (Å²) in [7, 11) is 0. The van der Waals surface area contributed by atoms with E-state index in [0.29, 0.717) is 18.2 Å². The molecule has 1 aromatic carbocycles. The van der Waals surface area contributed by atoms with E-state index in [9.17, 15) is 9.59 Å². The second-order valence-corrected chi connectivity index (χ2v) is 7.15. The van der Waals surface area contributed by atoms with E-state index in [1.807, 2.05) is 25.1 Å². The maximum Gasteiger partial charge on any atom is 0.290 e. The van der Waals surface area contributed by atoms with Crippen molar-refractivity contribution in [3.8, 4) is 0 Å². The molecule has 1 aromatic heterocycles. The molecule has 1 saturated heterocycles. The first-order valence-electron chi connectivity index (χ1n) is 8.55. The molecule has 1 aliphatic heterocycles. The molecule has 1 fully saturated rings. The van der Waals surface area contributed by atoms with Crippen LogP contribution in [0.5, 0.6) is 0 Å². The lowest BCUT2D eigenvalue weighted by atomic mass is 10.1. The predicted octanol–water partition coefficient (Wildman–Crippen LogP) is 1.65. The number of carbonyl (C=O) groups excluding carboxylic acids is 2. The second-order valence-electron chi connectivity index (χ2n) is 5.99. The smallest absolute Gasteiger partial charge is 0.290 e. The monoisotopic (exact) mass is 390 g/mol. The Morgan fingerprint density at radius 3 is 2.70 bits per heavy atom. The molecule has 0 radical (unpaired) electrons. The Morgan fingerprint density at radius 1 is 1.37 bits per heavy atom. The topological polar surface area (TPSA) is 112 Å². The summed E-state index contributed by atoms with van der Waals surface area (Å²) in [6, 6.07) is 10.2. The third-order valence-electron chi connectivity index (χ3n) is 4.03. The maximum atomic E-state index is 12.3. The van der Waals surface area contributed by atoms with Crippen molar-refractivity contribution in [3.63, 3.8) is 0 Å². The molecule has 9 heteroatoms. The van der Waals surface area contributed by atoms with E-state index in [2.05, 4.69) is 27.6 Å². The van der Waals surface area contributed by atoms with Crippen LogP contribution >= 0.6 is 11.3 Å². The number of amides is 2. The van der Waals surface area contributed by atoms with Gasteiger partial charge in [-0.1, -0.05) is 41.7 Å². The number of rotatable bonds is 6. The minimum Gasteiger partial charge on any atom is -0.483 e. The van der Waals surface area contributed by atoms with Gasteiger partial charge < -0.3 is 10.4 Å². The summed E-state index contributed by atoms with van der Waals surface area (Å²) in [5.74, 6) is -0.422. The van der Waals surface area contributed by atoms with Crippen molar-refractivity contribution in [1.82, 2.24) is 15.5 Å². The molecule has 2 heterocycles. The van der Waals surface area contributed by atoms with Gasteiger partial charge in [-0.25, -0.2) is 0 Å². The fourth-order valence-corrected chi connectivity index (χ4v) is 3.47. The summed E-state index contributed by atoms with van der Waals surface area (Å²) in [5, 5.41) is 19.1. The van der Waals surface area contributed by atoms with Crippen LogP contribution in [0.25, 0.3) is 0 Å². The van der Waals surface area contributed by atoms with Crippen LogP contribution in [-0.2, 0) is 20.8 Å². The van der Waals surface area contributed by atoms with Crippen molar-refractivity contribution in [2.75, 3.05) is 18.0 Å². The average molecular weight is 390 g/mol. The lowest BCUT2D eigenvalue weighted by molar-refractivity contribution is -0.126. The summed E-state index contributed by atoms with van der Waals surface area (Å²) in [4.78, 5) is 34.3. The van der Waals surface area contributed by atoms with Gasteiger partial charge in [-0.05, 0) is 25.3 Å². The van der Waals surface area contributed by atoms with Gasteiger partial charge in [0.05, 0.1) is 5.92 Å². The molecule has 0 spiro atoms. The molecule has 1 unspecified atom stereocenters. The zero-order chi connectivity index (χ0) is 19.6. The van der Waals surface area contributed by atoms with E-state index < -0.39 is 0 Å². The van der Waals surface area contributed by atoms with Crippen LogP contribution in [0.15, 0.2) is 30.3 Å². The second kappa shape index (κ2) is 10.4. The lowest BCUT2D eigenvalue weighted by Crippen LogP contribution is -2.33.